The van der Waals surface area contributed by atoms with Crippen LogP contribution in [-0.2, 0) is 13.1 Å². The zero-order chi connectivity index (χ0) is 12.1. The molecule has 0 unspecified atom stereocenters. The third kappa shape index (κ3) is 3.53. The van der Waals surface area contributed by atoms with Crippen LogP contribution in [0, 0.1) is 11.3 Å². The van der Waals surface area contributed by atoms with Crippen LogP contribution < -0.4 is 5.32 Å². The fourth-order valence-corrected chi connectivity index (χ4v) is 2.36. The summed E-state index contributed by atoms with van der Waals surface area (Å²) in [5.74, 6) is 0. The number of nitriles is 1. The second-order valence-corrected chi connectivity index (χ2v) is 5.22. The molecule has 0 spiro atoms. The third-order valence-corrected chi connectivity index (χ3v) is 3.30. The van der Waals surface area contributed by atoms with Gasteiger partial charge in [-0.2, -0.15) is 5.26 Å². The number of halogens is 1. The van der Waals surface area contributed by atoms with Crippen LogP contribution in [0.15, 0.2) is 30.5 Å². The Bertz CT molecular complexity index is 545. The summed E-state index contributed by atoms with van der Waals surface area (Å²) in [5, 5.41) is 13.0. The van der Waals surface area contributed by atoms with Crippen molar-refractivity contribution in [3.8, 4) is 6.07 Å². The summed E-state index contributed by atoms with van der Waals surface area (Å²) in [6, 6.07) is 9.67. The number of benzene rings is 1. The summed E-state index contributed by atoms with van der Waals surface area (Å²) in [6.45, 7) is 1.40. The summed E-state index contributed by atoms with van der Waals surface area (Å²) in [6.07, 6.45) is 1.65. The second kappa shape index (κ2) is 5.78. The maximum Gasteiger partial charge on any atom is 0.113 e. The van der Waals surface area contributed by atoms with Crippen molar-refractivity contribution in [1.29, 1.82) is 5.26 Å². The average Bonchev–Trinajstić information content (AvgIpc) is 2.75. The minimum atomic E-state index is 0.682. The van der Waals surface area contributed by atoms with Crippen LogP contribution in [0.1, 0.15) is 16.1 Å². The highest BCUT2D eigenvalue weighted by Crippen LogP contribution is 2.17. The molecule has 86 valence electrons. The van der Waals surface area contributed by atoms with Crippen molar-refractivity contribution in [2.24, 2.45) is 0 Å². The highest BCUT2D eigenvalue weighted by molar-refractivity contribution is 7.15. The average molecular weight is 264 g/mol. The fourth-order valence-electron chi connectivity index (χ4n) is 1.43. The molecule has 2 aromatic rings. The Morgan fingerprint density at radius 1 is 1.41 bits per heavy atom. The van der Waals surface area contributed by atoms with Gasteiger partial charge in [0.2, 0.25) is 0 Å². The van der Waals surface area contributed by atoms with Gasteiger partial charge in [0, 0.05) is 13.1 Å². The van der Waals surface area contributed by atoms with Crippen molar-refractivity contribution in [3.63, 3.8) is 0 Å². The maximum absolute atomic E-state index is 8.77. The number of rotatable bonds is 4. The van der Waals surface area contributed by atoms with Crippen LogP contribution in [-0.4, -0.2) is 4.98 Å². The van der Waals surface area contributed by atoms with E-state index in [4.69, 9.17) is 16.9 Å². The summed E-state index contributed by atoms with van der Waals surface area (Å²) < 4.78 is 0.702. The molecule has 0 bridgehead atoms. The van der Waals surface area contributed by atoms with Gasteiger partial charge in [-0.15, -0.1) is 11.3 Å². The van der Waals surface area contributed by atoms with E-state index in [1.54, 1.807) is 12.3 Å². The van der Waals surface area contributed by atoms with Gasteiger partial charge in [0.1, 0.15) is 9.34 Å². The maximum atomic E-state index is 8.77. The molecular formula is C12H10ClN3S. The molecule has 5 heteroatoms. The van der Waals surface area contributed by atoms with E-state index in [1.807, 2.05) is 18.2 Å². The smallest absolute Gasteiger partial charge is 0.113 e. The van der Waals surface area contributed by atoms with Crippen molar-refractivity contribution in [2.45, 2.75) is 13.1 Å². The fraction of sp³-hybridized carbons (Fsp3) is 0.167. The van der Waals surface area contributed by atoms with Crippen LogP contribution in [0.3, 0.4) is 0 Å². The molecular weight excluding hydrogens is 254 g/mol. The molecule has 0 fully saturated rings. The Hall–Kier alpha value is -1.41. The zero-order valence-corrected chi connectivity index (χ0v) is 10.6. The topological polar surface area (TPSA) is 48.7 Å². The van der Waals surface area contributed by atoms with Crippen LogP contribution in [0.5, 0.6) is 0 Å². The van der Waals surface area contributed by atoms with E-state index < -0.39 is 0 Å². The van der Waals surface area contributed by atoms with E-state index in [0.717, 1.165) is 10.6 Å². The summed E-state index contributed by atoms with van der Waals surface area (Å²) in [7, 11) is 0. The molecule has 0 saturated heterocycles. The van der Waals surface area contributed by atoms with Gasteiger partial charge in [-0.1, -0.05) is 23.7 Å². The van der Waals surface area contributed by atoms with E-state index in [1.165, 1.54) is 11.3 Å². The quantitative estimate of drug-likeness (QED) is 0.923. The van der Waals surface area contributed by atoms with Gasteiger partial charge in [-0.05, 0) is 17.7 Å². The van der Waals surface area contributed by atoms with E-state index in [2.05, 4.69) is 16.4 Å². The minimum Gasteiger partial charge on any atom is -0.306 e. The van der Waals surface area contributed by atoms with Crippen molar-refractivity contribution >= 4 is 22.9 Å². The third-order valence-electron chi connectivity index (χ3n) is 2.19. The zero-order valence-electron chi connectivity index (χ0n) is 8.98. The molecule has 1 heterocycles. The van der Waals surface area contributed by atoms with Crippen LogP contribution in [0.4, 0.5) is 0 Å². The highest BCUT2D eigenvalue weighted by atomic mass is 35.5. The van der Waals surface area contributed by atoms with E-state index in [-0.39, 0.29) is 0 Å². The molecule has 0 radical (unpaired) electrons. The van der Waals surface area contributed by atoms with Crippen LogP contribution in [0.2, 0.25) is 4.34 Å². The number of hydrogen-bond donors (Lipinski definition) is 1. The normalized spacial score (nSPS) is 10.1. The first-order chi connectivity index (χ1) is 8.28. The molecule has 1 aromatic carbocycles. The molecule has 0 aliphatic carbocycles. The van der Waals surface area contributed by atoms with Crippen molar-refractivity contribution < 1.29 is 0 Å². The van der Waals surface area contributed by atoms with Gasteiger partial charge < -0.3 is 5.32 Å². The molecule has 2 rings (SSSR count). The molecule has 0 aliphatic rings. The van der Waals surface area contributed by atoms with Gasteiger partial charge in [-0.3, -0.25) is 0 Å². The number of hydrogen-bond acceptors (Lipinski definition) is 4. The first kappa shape index (κ1) is 12.1. The van der Waals surface area contributed by atoms with Crippen LogP contribution >= 0.6 is 22.9 Å². The minimum absolute atomic E-state index is 0.682. The Balaban J connectivity index is 1.88. The lowest BCUT2D eigenvalue weighted by molar-refractivity contribution is 0.690. The molecule has 0 saturated carbocycles. The predicted molar refractivity (Wildman–Crippen MR) is 68.8 cm³/mol. The highest BCUT2D eigenvalue weighted by Gasteiger charge is 2.00. The van der Waals surface area contributed by atoms with Crippen molar-refractivity contribution in [2.75, 3.05) is 0 Å². The Morgan fingerprint density at radius 2 is 2.29 bits per heavy atom. The molecule has 0 aliphatic heterocycles. The largest absolute Gasteiger partial charge is 0.306 e. The Morgan fingerprint density at radius 3 is 3.00 bits per heavy atom. The van der Waals surface area contributed by atoms with E-state index in [0.29, 0.717) is 23.0 Å². The van der Waals surface area contributed by atoms with Gasteiger partial charge in [0.05, 0.1) is 17.8 Å². The number of nitrogens with one attached hydrogen (secondary N) is 1. The lowest BCUT2D eigenvalue weighted by Crippen LogP contribution is -2.12. The standard InChI is InChI=1S/C12H10ClN3S/c13-11-7-16-12(17-11)8-15-6-10-3-1-2-9(4-10)5-14/h1-4,7,15H,6,8H2. The van der Waals surface area contributed by atoms with E-state index >= 15 is 0 Å². The van der Waals surface area contributed by atoms with Gasteiger partial charge in [0.25, 0.3) is 0 Å². The first-order valence-corrected chi connectivity index (χ1v) is 6.27. The summed E-state index contributed by atoms with van der Waals surface area (Å²) in [5.41, 5.74) is 1.77. The molecule has 0 amide bonds. The predicted octanol–water partition coefficient (Wildman–Crippen LogP) is 2.96. The SMILES string of the molecule is N#Cc1cccc(CNCc2ncc(Cl)s2)c1. The number of nitrogens with zero attached hydrogens (tertiary/aromatic N) is 2. The van der Waals surface area contributed by atoms with Crippen LogP contribution in [0.25, 0.3) is 0 Å². The molecule has 3 nitrogen and oxygen atoms in total. The monoisotopic (exact) mass is 263 g/mol. The Kier molecular flexibility index (Phi) is 4.10. The lowest BCUT2D eigenvalue weighted by atomic mass is 10.1. The molecule has 1 N–H and O–H groups in total. The molecule has 17 heavy (non-hydrogen) atoms. The van der Waals surface area contributed by atoms with Gasteiger partial charge >= 0.3 is 0 Å². The first-order valence-electron chi connectivity index (χ1n) is 5.08. The van der Waals surface area contributed by atoms with Crippen molar-refractivity contribution in [1.82, 2.24) is 10.3 Å². The van der Waals surface area contributed by atoms with E-state index in [9.17, 15) is 0 Å². The number of thiazole rings is 1. The van der Waals surface area contributed by atoms with Gasteiger partial charge in [-0.25, -0.2) is 4.98 Å². The van der Waals surface area contributed by atoms with Gasteiger partial charge in [0.15, 0.2) is 0 Å². The molecule has 1 aromatic heterocycles. The summed E-state index contributed by atoms with van der Waals surface area (Å²) >= 11 is 7.26. The lowest BCUT2D eigenvalue weighted by Gasteiger charge is -2.02. The summed E-state index contributed by atoms with van der Waals surface area (Å²) in [4.78, 5) is 4.15. The number of aromatic nitrogens is 1. The Labute approximate surface area is 109 Å². The second-order valence-electron chi connectivity index (χ2n) is 3.47. The molecule has 0 atom stereocenters. The van der Waals surface area contributed by atoms with Crippen molar-refractivity contribution in [3.05, 3.63) is 50.9 Å².